The van der Waals surface area contributed by atoms with Crippen LogP contribution in [0.3, 0.4) is 0 Å². The number of aliphatic hydroxyl groups is 1. The molecule has 1 aliphatic carbocycles. The lowest BCUT2D eigenvalue weighted by molar-refractivity contribution is -0.151. The van der Waals surface area contributed by atoms with Crippen LogP contribution in [0.15, 0.2) is 24.3 Å². The van der Waals surface area contributed by atoms with Crippen molar-refractivity contribution in [3.05, 3.63) is 35.4 Å². The SMILES string of the molecule is CCc1ccc([C@@H]2[C@H](C(C)=O)C(=O)C[C@](C)(O)[C@H]2C(C)=O)cc1. The molecule has 23 heavy (non-hydrogen) atoms. The van der Waals surface area contributed by atoms with Crippen LogP contribution in [-0.4, -0.2) is 28.1 Å². The highest BCUT2D eigenvalue weighted by Crippen LogP contribution is 2.46. The average molecular weight is 316 g/mol. The Morgan fingerprint density at radius 1 is 1.17 bits per heavy atom. The number of carbonyl (C=O) groups is 3. The summed E-state index contributed by atoms with van der Waals surface area (Å²) in [4.78, 5) is 36.7. The predicted molar refractivity (Wildman–Crippen MR) is 87.2 cm³/mol. The largest absolute Gasteiger partial charge is 0.389 e. The lowest BCUT2D eigenvalue weighted by Gasteiger charge is -2.44. The molecule has 4 nitrogen and oxygen atoms in total. The van der Waals surface area contributed by atoms with Gasteiger partial charge in [0.15, 0.2) is 0 Å². The van der Waals surface area contributed by atoms with Gasteiger partial charge in [-0.15, -0.1) is 0 Å². The van der Waals surface area contributed by atoms with Crippen LogP contribution in [0.1, 0.15) is 51.2 Å². The van der Waals surface area contributed by atoms with Crippen molar-refractivity contribution in [1.29, 1.82) is 0 Å². The van der Waals surface area contributed by atoms with E-state index in [1.165, 1.54) is 20.8 Å². The Morgan fingerprint density at radius 2 is 1.74 bits per heavy atom. The van der Waals surface area contributed by atoms with Gasteiger partial charge in [0, 0.05) is 12.3 Å². The van der Waals surface area contributed by atoms with E-state index in [1.54, 1.807) is 0 Å². The third kappa shape index (κ3) is 3.27. The van der Waals surface area contributed by atoms with Crippen molar-refractivity contribution in [1.82, 2.24) is 0 Å². The quantitative estimate of drug-likeness (QED) is 0.866. The Labute approximate surface area is 136 Å². The molecule has 1 aromatic carbocycles. The van der Waals surface area contributed by atoms with Crippen molar-refractivity contribution >= 4 is 17.3 Å². The zero-order valence-corrected chi connectivity index (χ0v) is 14.1. The second-order valence-electron chi connectivity index (χ2n) is 6.80. The van der Waals surface area contributed by atoms with Crippen LogP contribution in [0.2, 0.25) is 0 Å². The standard InChI is InChI=1S/C19H24O4/c1-5-13-6-8-14(9-7-13)17-16(11(2)20)15(22)10-19(4,23)18(17)12(3)21/h6-9,16-18,23H,5,10H2,1-4H3/t16-,17-,18+,19+/m1/s1. The Bertz CT molecular complexity index is 627. The summed E-state index contributed by atoms with van der Waals surface area (Å²) in [5, 5.41) is 10.7. The Balaban J connectivity index is 2.58. The van der Waals surface area contributed by atoms with E-state index >= 15 is 0 Å². The van der Waals surface area contributed by atoms with Gasteiger partial charge in [0.05, 0.1) is 17.4 Å². The van der Waals surface area contributed by atoms with Gasteiger partial charge in [-0.1, -0.05) is 31.2 Å². The molecule has 0 heterocycles. The van der Waals surface area contributed by atoms with Crippen molar-refractivity contribution in [2.24, 2.45) is 11.8 Å². The van der Waals surface area contributed by atoms with Crippen LogP contribution in [-0.2, 0) is 20.8 Å². The zero-order valence-electron chi connectivity index (χ0n) is 14.1. The van der Waals surface area contributed by atoms with E-state index in [-0.39, 0.29) is 23.8 Å². The first-order valence-electron chi connectivity index (χ1n) is 8.04. The van der Waals surface area contributed by atoms with Gasteiger partial charge in [0.2, 0.25) is 0 Å². The summed E-state index contributed by atoms with van der Waals surface area (Å²) in [6.07, 6.45) is 0.721. The van der Waals surface area contributed by atoms with Crippen molar-refractivity contribution in [2.75, 3.05) is 0 Å². The van der Waals surface area contributed by atoms with Crippen LogP contribution >= 0.6 is 0 Å². The molecule has 0 amide bonds. The average Bonchev–Trinajstić information content (AvgIpc) is 2.44. The molecule has 2 rings (SSSR count). The number of benzene rings is 1. The zero-order chi connectivity index (χ0) is 17.4. The molecule has 1 fully saturated rings. The summed E-state index contributed by atoms with van der Waals surface area (Å²) in [6, 6.07) is 7.61. The molecule has 0 bridgehead atoms. The molecule has 0 spiro atoms. The summed E-state index contributed by atoms with van der Waals surface area (Å²) >= 11 is 0. The number of aryl methyl sites for hydroxylation is 1. The summed E-state index contributed by atoms with van der Waals surface area (Å²) in [5.74, 6) is -2.96. The molecule has 1 aliphatic rings. The molecule has 0 unspecified atom stereocenters. The molecule has 0 radical (unpaired) electrons. The van der Waals surface area contributed by atoms with Crippen LogP contribution in [0.25, 0.3) is 0 Å². The molecule has 0 aromatic heterocycles. The summed E-state index contributed by atoms with van der Waals surface area (Å²) in [7, 11) is 0. The van der Waals surface area contributed by atoms with Crippen LogP contribution in [0.5, 0.6) is 0 Å². The number of ketones is 3. The minimum Gasteiger partial charge on any atom is -0.389 e. The van der Waals surface area contributed by atoms with Gasteiger partial charge in [-0.05, 0) is 38.3 Å². The maximum atomic E-state index is 12.4. The van der Waals surface area contributed by atoms with E-state index in [0.29, 0.717) is 0 Å². The fraction of sp³-hybridized carbons (Fsp3) is 0.526. The first-order chi connectivity index (χ1) is 10.7. The van der Waals surface area contributed by atoms with Gasteiger partial charge in [-0.25, -0.2) is 0 Å². The lowest BCUT2D eigenvalue weighted by Crippen LogP contribution is -2.53. The van der Waals surface area contributed by atoms with Crippen molar-refractivity contribution in [2.45, 2.75) is 52.1 Å². The molecule has 1 aromatic rings. The second kappa shape index (κ2) is 6.36. The van der Waals surface area contributed by atoms with E-state index in [1.807, 2.05) is 31.2 Å². The van der Waals surface area contributed by atoms with Gasteiger partial charge in [-0.2, -0.15) is 0 Å². The molecule has 4 atom stereocenters. The minimum atomic E-state index is -1.43. The number of carbonyl (C=O) groups excluding carboxylic acids is 3. The Morgan fingerprint density at radius 3 is 2.17 bits per heavy atom. The van der Waals surface area contributed by atoms with Crippen LogP contribution in [0, 0.1) is 11.8 Å². The minimum absolute atomic E-state index is 0.162. The Kier molecular flexibility index (Phi) is 4.85. The number of hydrogen-bond acceptors (Lipinski definition) is 4. The number of hydrogen-bond donors (Lipinski definition) is 1. The fourth-order valence-corrected chi connectivity index (χ4v) is 3.88. The highest BCUT2D eigenvalue weighted by atomic mass is 16.3. The smallest absolute Gasteiger partial charge is 0.146 e. The first kappa shape index (κ1) is 17.5. The number of rotatable bonds is 4. The maximum Gasteiger partial charge on any atom is 0.146 e. The highest BCUT2D eigenvalue weighted by Gasteiger charge is 2.53. The topological polar surface area (TPSA) is 71.4 Å². The van der Waals surface area contributed by atoms with E-state index in [9.17, 15) is 19.5 Å². The van der Waals surface area contributed by atoms with E-state index in [0.717, 1.165) is 17.5 Å². The molecule has 0 saturated heterocycles. The van der Waals surface area contributed by atoms with Gasteiger partial charge in [0.25, 0.3) is 0 Å². The maximum absolute atomic E-state index is 12.4. The monoisotopic (exact) mass is 316 g/mol. The summed E-state index contributed by atoms with van der Waals surface area (Å²) in [6.45, 7) is 6.36. The van der Waals surface area contributed by atoms with Crippen molar-refractivity contribution < 1.29 is 19.5 Å². The molecule has 0 aliphatic heterocycles. The third-order valence-electron chi connectivity index (χ3n) is 4.92. The van der Waals surface area contributed by atoms with Crippen molar-refractivity contribution in [3.8, 4) is 0 Å². The summed E-state index contributed by atoms with van der Waals surface area (Å²) in [5.41, 5.74) is 0.473. The van der Waals surface area contributed by atoms with Crippen molar-refractivity contribution in [3.63, 3.8) is 0 Å². The van der Waals surface area contributed by atoms with Gasteiger partial charge in [0.1, 0.15) is 17.3 Å². The van der Waals surface area contributed by atoms with Gasteiger partial charge < -0.3 is 5.11 Å². The molecule has 124 valence electrons. The van der Waals surface area contributed by atoms with Crippen LogP contribution in [0.4, 0.5) is 0 Å². The molecule has 1 saturated carbocycles. The highest BCUT2D eigenvalue weighted by molar-refractivity contribution is 6.05. The third-order valence-corrected chi connectivity index (χ3v) is 4.92. The van der Waals surface area contributed by atoms with E-state index in [4.69, 9.17) is 0 Å². The number of Topliss-reactive ketones (excluding diaryl/α,β-unsaturated/α-hetero) is 3. The van der Waals surface area contributed by atoms with E-state index < -0.39 is 23.4 Å². The van der Waals surface area contributed by atoms with E-state index in [2.05, 4.69) is 0 Å². The molecular formula is C19H24O4. The lowest BCUT2D eigenvalue weighted by atomic mass is 9.60. The molecule has 1 N–H and O–H groups in total. The predicted octanol–water partition coefficient (Wildman–Crippen LogP) is 2.47. The van der Waals surface area contributed by atoms with Gasteiger partial charge >= 0.3 is 0 Å². The molecular weight excluding hydrogens is 292 g/mol. The first-order valence-corrected chi connectivity index (χ1v) is 8.04. The fourth-order valence-electron chi connectivity index (χ4n) is 3.88. The van der Waals surface area contributed by atoms with Crippen LogP contribution < -0.4 is 0 Å². The summed E-state index contributed by atoms with van der Waals surface area (Å²) < 4.78 is 0. The Hall–Kier alpha value is -1.81. The second-order valence-corrected chi connectivity index (χ2v) is 6.80. The van der Waals surface area contributed by atoms with Gasteiger partial charge in [-0.3, -0.25) is 14.4 Å². The normalized spacial score (nSPS) is 31.0. The molecule has 4 heteroatoms.